The fourth-order valence-electron chi connectivity index (χ4n) is 2.84. The average Bonchev–Trinajstić information content (AvgIpc) is 3.04. The van der Waals surface area contributed by atoms with Gasteiger partial charge >= 0.3 is 0 Å². The Balaban J connectivity index is 2.22. The third-order valence-electron chi connectivity index (χ3n) is 3.79. The molecule has 0 spiro atoms. The highest BCUT2D eigenvalue weighted by Crippen LogP contribution is 2.25. The van der Waals surface area contributed by atoms with Crippen molar-refractivity contribution in [3.63, 3.8) is 0 Å². The molecule has 2 rings (SSSR count). The smallest absolute Gasteiger partial charge is 0.270 e. The van der Waals surface area contributed by atoms with E-state index < -0.39 is 0 Å². The second-order valence-corrected chi connectivity index (χ2v) is 5.43. The normalized spacial score (nSPS) is 15.9. The van der Waals surface area contributed by atoms with Crippen LogP contribution in [0.2, 0.25) is 5.02 Å². The first kappa shape index (κ1) is 14.4. The van der Waals surface area contributed by atoms with Gasteiger partial charge in [-0.25, -0.2) is 0 Å². The molecule has 1 saturated carbocycles. The van der Waals surface area contributed by atoms with E-state index in [1.807, 2.05) is 16.4 Å². The maximum absolute atomic E-state index is 12.7. The van der Waals surface area contributed by atoms with Crippen molar-refractivity contribution in [1.82, 2.24) is 9.47 Å². The van der Waals surface area contributed by atoms with Crippen molar-refractivity contribution in [2.24, 2.45) is 0 Å². The van der Waals surface area contributed by atoms with E-state index in [4.69, 9.17) is 11.6 Å². The first-order valence-electron chi connectivity index (χ1n) is 6.95. The first-order chi connectivity index (χ1) is 9.17. The molecule has 0 atom stereocenters. The summed E-state index contributed by atoms with van der Waals surface area (Å²) in [4.78, 5) is 14.5. The van der Waals surface area contributed by atoms with E-state index in [0.717, 1.165) is 25.7 Å². The maximum Gasteiger partial charge on any atom is 0.270 e. The lowest BCUT2D eigenvalue weighted by Gasteiger charge is -2.28. The zero-order chi connectivity index (χ0) is 13.8. The molecule has 1 aliphatic rings. The van der Waals surface area contributed by atoms with Crippen LogP contribution in [0.3, 0.4) is 0 Å². The molecule has 0 bridgehead atoms. The van der Waals surface area contributed by atoms with Gasteiger partial charge in [-0.15, -0.1) is 0 Å². The summed E-state index contributed by atoms with van der Waals surface area (Å²) in [5.74, 6) is -0.0188. The molecule has 0 radical (unpaired) electrons. The maximum atomic E-state index is 12.7. The molecule has 1 amide bonds. The molecule has 106 valence electrons. The van der Waals surface area contributed by atoms with Gasteiger partial charge in [0.05, 0.1) is 11.6 Å². The Bertz CT molecular complexity index is 439. The molecule has 5 heteroatoms. The highest BCUT2D eigenvalue weighted by molar-refractivity contribution is 6.31. The third-order valence-corrected chi connectivity index (χ3v) is 4.00. The highest BCUT2D eigenvalue weighted by atomic mass is 35.5. The van der Waals surface area contributed by atoms with Gasteiger partial charge in [-0.3, -0.25) is 4.79 Å². The van der Waals surface area contributed by atoms with Crippen molar-refractivity contribution < 1.29 is 9.90 Å². The van der Waals surface area contributed by atoms with Crippen LogP contribution in [-0.2, 0) is 6.54 Å². The zero-order valence-corrected chi connectivity index (χ0v) is 12.1. The molecule has 0 unspecified atom stereocenters. The standard InChI is InChI=1S/C14H21ClN2O2/c1-2-16-10-11(15)9-13(16)14(19)17(7-8-18)12-5-3-4-6-12/h9-10,12,18H,2-8H2,1H3. The lowest BCUT2D eigenvalue weighted by molar-refractivity contribution is 0.0627. The number of hydrogen-bond acceptors (Lipinski definition) is 2. The van der Waals surface area contributed by atoms with Gasteiger partial charge in [0.25, 0.3) is 5.91 Å². The molecule has 1 aromatic rings. The van der Waals surface area contributed by atoms with E-state index in [9.17, 15) is 9.90 Å². The minimum atomic E-state index is -0.0188. The average molecular weight is 285 g/mol. The molecule has 0 aliphatic heterocycles. The molecule has 4 nitrogen and oxygen atoms in total. The topological polar surface area (TPSA) is 45.5 Å². The summed E-state index contributed by atoms with van der Waals surface area (Å²) in [5.41, 5.74) is 0.618. The number of carbonyl (C=O) groups excluding carboxylic acids is 1. The Morgan fingerprint density at radius 3 is 2.79 bits per heavy atom. The van der Waals surface area contributed by atoms with Crippen LogP contribution in [0.1, 0.15) is 43.1 Å². The van der Waals surface area contributed by atoms with Gasteiger partial charge in [-0.05, 0) is 25.8 Å². The molecule has 0 aromatic carbocycles. The minimum absolute atomic E-state index is 0.00278. The summed E-state index contributed by atoms with van der Waals surface area (Å²) >= 11 is 5.99. The van der Waals surface area contributed by atoms with Crippen LogP contribution in [-0.4, -0.2) is 39.7 Å². The van der Waals surface area contributed by atoms with Crippen LogP contribution in [0.25, 0.3) is 0 Å². The molecule has 1 heterocycles. The molecule has 1 aliphatic carbocycles. The highest BCUT2D eigenvalue weighted by Gasteiger charge is 2.28. The summed E-state index contributed by atoms with van der Waals surface area (Å²) < 4.78 is 1.87. The third kappa shape index (κ3) is 3.12. The second kappa shape index (κ2) is 6.44. The monoisotopic (exact) mass is 284 g/mol. The first-order valence-corrected chi connectivity index (χ1v) is 7.32. The SMILES string of the molecule is CCn1cc(Cl)cc1C(=O)N(CCO)C1CCCC1. The van der Waals surface area contributed by atoms with E-state index in [1.165, 1.54) is 0 Å². The van der Waals surface area contributed by atoms with Gasteiger partial charge in [0.15, 0.2) is 0 Å². The summed E-state index contributed by atoms with van der Waals surface area (Å²) in [6.07, 6.45) is 6.17. The quantitative estimate of drug-likeness (QED) is 0.903. The number of carbonyl (C=O) groups is 1. The predicted molar refractivity (Wildman–Crippen MR) is 75.5 cm³/mol. The fourth-order valence-corrected chi connectivity index (χ4v) is 3.06. The summed E-state index contributed by atoms with van der Waals surface area (Å²) in [5, 5.41) is 9.78. The van der Waals surface area contributed by atoms with Gasteiger partial charge in [0, 0.05) is 25.3 Å². The van der Waals surface area contributed by atoms with Crippen molar-refractivity contribution in [3.8, 4) is 0 Å². The number of hydrogen-bond donors (Lipinski definition) is 1. The molecular weight excluding hydrogens is 264 g/mol. The van der Waals surface area contributed by atoms with E-state index >= 15 is 0 Å². The van der Waals surface area contributed by atoms with E-state index in [0.29, 0.717) is 23.8 Å². The molecular formula is C14H21ClN2O2. The van der Waals surface area contributed by atoms with Crippen molar-refractivity contribution in [1.29, 1.82) is 0 Å². The number of nitrogens with zero attached hydrogens (tertiary/aromatic N) is 2. The van der Waals surface area contributed by atoms with Crippen LogP contribution in [0.5, 0.6) is 0 Å². The van der Waals surface area contributed by atoms with Gasteiger partial charge in [0.2, 0.25) is 0 Å². The number of halogens is 1. The van der Waals surface area contributed by atoms with Gasteiger partial charge in [0.1, 0.15) is 5.69 Å². The van der Waals surface area contributed by atoms with Crippen LogP contribution < -0.4 is 0 Å². The van der Waals surface area contributed by atoms with Crippen molar-refractivity contribution >= 4 is 17.5 Å². The lowest BCUT2D eigenvalue weighted by Crippen LogP contribution is -2.41. The predicted octanol–water partition coefficient (Wildman–Crippen LogP) is 2.54. The van der Waals surface area contributed by atoms with Gasteiger partial charge < -0.3 is 14.6 Å². The van der Waals surface area contributed by atoms with Crippen molar-refractivity contribution in [3.05, 3.63) is 23.0 Å². The van der Waals surface area contributed by atoms with E-state index in [-0.39, 0.29) is 18.6 Å². The second-order valence-electron chi connectivity index (χ2n) is 4.99. The number of aliphatic hydroxyl groups is 1. The summed E-state index contributed by atoms with van der Waals surface area (Å²) in [6.45, 7) is 3.10. The Labute approximate surface area is 119 Å². The van der Waals surface area contributed by atoms with Crippen molar-refractivity contribution in [2.45, 2.75) is 45.2 Å². The molecule has 0 saturated heterocycles. The van der Waals surface area contributed by atoms with E-state index in [2.05, 4.69) is 0 Å². The minimum Gasteiger partial charge on any atom is -0.395 e. The van der Waals surface area contributed by atoms with Gasteiger partial charge in [-0.2, -0.15) is 0 Å². The summed E-state index contributed by atoms with van der Waals surface area (Å²) in [7, 11) is 0. The van der Waals surface area contributed by atoms with Crippen LogP contribution in [0.4, 0.5) is 0 Å². The number of rotatable bonds is 5. The number of aromatic nitrogens is 1. The number of amides is 1. The summed E-state index contributed by atoms with van der Waals surface area (Å²) in [6, 6.07) is 1.98. The molecule has 19 heavy (non-hydrogen) atoms. The van der Waals surface area contributed by atoms with Gasteiger partial charge in [-0.1, -0.05) is 24.4 Å². The molecule has 1 N–H and O–H groups in total. The van der Waals surface area contributed by atoms with Crippen LogP contribution >= 0.6 is 11.6 Å². The lowest BCUT2D eigenvalue weighted by atomic mass is 10.2. The Kier molecular flexibility index (Phi) is 4.88. The van der Waals surface area contributed by atoms with E-state index in [1.54, 1.807) is 12.3 Å². The Hall–Kier alpha value is -1.00. The van der Waals surface area contributed by atoms with Crippen LogP contribution in [0.15, 0.2) is 12.3 Å². The van der Waals surface area contributed by atoms with Crippen LogP contribution in [0, 0.1) is 0 Å². The van der Waals surface area contributed by atoms with Crippen molar-refractivity contribution in [2.75, 3.05) is 13.2 Å². The number of aryl methyl sites for hydroxylation is 1. The zero-order valence-electron chi connectivity index (χ0n) is 11.3. The largest absolute Gasteiger partial charge is 0.395 e. The molecule has 1 aromatic heterocycles. The Morgan fingerprint density at radius 1 is 1.53 bits per heavy atom. The molecule has 1 fully saturated rings. The fraction of sp³-hybridized carbons (Fsp3) is 0.643. The number of aliphatic hydroxyl groups excluding tert-OH is 1. The Morgan fingerprint density at radius 2 is 2.21 bits per heavy atom.